The van der Waals surface area contributed by atoms with Gasteiger partial charge in [-0.1, -0.05) is 29.3 Å². The standard InChI is InChI=1S/C14H15Cl2N3O/c1-8(2)19-7-9(17)6-12(19)14(20)18-11-5-3-4-10(15)13(11)16/h3-8H,17H2,1-2H3,(H,18,20). The molecule has 1 heterocycles. The van der Waals surface area contributed by atoms with Crippen molar-refractivity contribution in [3.05, 3.63) is 46.2 Å². The number of nitrogens with one attached hydrogen (secondary N) is 1. The summed E-state index contributed by atoms with van der Waals surface area (Å²) in [7, 11) is 0. The Hall–Kier alpha value is -1.65. The summed E-state index contributed by atoms with van der Waals surface area (Å²) in [5.74, 6) is -0.278. The molecule has 2 rings (SSSR count). The minimum atomic E-state index is -0.278. The maximum Gasteiger partial charge on any atom is 0.272 e. The Morgan fingerprint density at radius 3 is 2.70 bits per heavy atom. The van der Waals surface area contributed by atoms with Crippen LogP contribution in [0, 0.1) is 0 Å². The molecule has 0 saturated heterocycles. The molecule has 0 fully saturated rings. The first kappa shape index (κ1) is 14.8. The molecule has 6 heteroatoms. The number of aromatic nitrogens is 1. The van der Waals surface area contributed by atoms with Gasteiger partial charge in [0, 0.05) is 12.2 Å². The summed E-state index contributed by atoms with van der Waals surface area (Å²) in [5, 5.41) is 3.45. The number of nitrogen functional groups attached to an aromatic ring is 1. The number of carbonyl (C=O) groups excluding carboxylic acids is 1. The fourth-order valence-electron chi connectivity index (χ4n) is 1.90. The van der Waals surface area contributed by atoms with Gasteiger partial charge in [0.2, 0.25) is 0 Å². The number of nitrogens with two attached hydrogens (primary N) is 1. The van der Waals surface area contributed by atoms with Crippen molar-refractivity contribution in [2.75, 3.05) is 11.1 Å². The third-order valence-electron chi connectivity index (χ3n) is 2.86. The first-order valence-electron chi connectivity index (χ1n) is 6.13. The largest absolute Gasteiger partial charge is 0.397 e. The topological polar surface area (TPSA) is 60.0 Å². The molecule has 3 N–H and O–H groups in total. The monoisotopic (exact) mass is 311 g/mol. The van der Waals surface area contributed by atoms with Crippen LogP contribution in [0.25, 0.3) is 0 Å². The Morgan fingerprint density at radius 1 is 1.35 bits per heavy atom. The Balaban J connectivity index is 2.31. The molecule has 0 aliphatic heterocycles. The van der Waals surface area contributed by atoms with Crippen molar-refractivity contribution in [2.24, 2.45) is 0 Å². The normalized spacial score (nSPS) is 10.8. The lowest BCUT2D eigenvalue weighted by molar-refractivity contribution is 0.101. The average molecular weight is 312 g/mol. The van der Waals surface area contributed by atoms with Gasteiger partial charge in [-0.15, -0.1) is 0 Å². The molecule has 0 unspecified atom stereocenters. The fourth-order valence-corrected chi connectivity index (χ4v) is 2.24. The maximum atomic E-state index is 12.3. The van der Waals surface area contributed by atoms with E-state index >= 15 is 0 Å². The van der Waals surface area contributed by atoms with E-state index in [0.29, 0.717) is 27.1 Å². The molecule has 20 heavy (non-hydrogen) atoms. The number of nitrogens with zero attached hydrogens (tertiary/aromatic N) is 1. The molecule has 0 saturated carbocycles. The van der Waals surface area contributed by atoms with Gasteiger partial charge in [0.05, 0.1) is 21.4 Å². The van der Waals surface area contributed by atoms with E-state index in [2.05, 4.69) is 5.32 Å². The highest BCUT2D eigenvalue weighted by Crippen LogP contribution is 2.30. The molecule has 0 aliphatic carbocycles. The van der Waals surface area contributed by atoms with Crippen molar-refractivity contribution in [2.45, 2.75) is 19.9 Å². The van der Waals surface area contributed by atoms with E-state index in [1.807, 2.05) is 18.4 Å². The van der Waals surface area contributed by atoms with Gasteiger partial charge in [-0.05, 0) is 32.0 Å². The summed E-state index contributed by atoms with van der Waals surface area (Å²) in [6.07, 6.45) is 1.74. The summed E-state index contributed by atoms with van der Waals surface area (Å²) in [4.78, 5) is 12.3. The van der Waals surface area contributed by atoms with Gasteiger partial charge >= 0.3 is 0 Å². The van der Waals surface area contributed by atoms with Crippen molar-refractivity contribution in [3.8, 4) is 0 Å². The van der Waals surface area contributed by atoms with E-state index in [-0.39, 0.29) is 11.9 Å². The van der Waals surface area contributed by atoms with Crippen molar-refractivity contribution in [1.29, 1.82) is 0 Å². The highest BCUT2D eigenvalue weighted by Gasteiger charge is 2.16. The second-order valence-corrected chi connectivity index (χ2v) is 5.50. The van der Waals surface area contributed by atoms with Crippen LogP contribution in [0.1, 0.15) is 30.4 Å². The number of hydrogen-bond acceptors (Lipinski definition) is 2. The summed E-state index contributed by atoms with van der Waals surface area (Å²) in [6, 6.07) is 6.84. The first-order chi connectivity index (χ1) is 9.40. The summed E-state index contributed by atoms with van der Waals surface area (Å²) >= 11 is 12.0. The summed E-state index contributed by atoms with van der Waals surface area (Å²) in [6.45, 7) is 3.95. The van der Waals surface area contributed by atoms with Crippen LogP contribution in [0.4, 0.5) is 11.4 Å². The summed E-state index contributed by atoms with van der Waals surface area (Å²) in [5.41, 5.74) is 7.25. The zero-order valence-electron chi connectivity index (χ0n) is 11.2. The minimum absolute atomic E-state index is 0.128. The molecule has 0 spiro atoms. The molecule has 1 aromatic carbocycles. The van der Waals surface area contributed by atoms with Gasteiger partial charge in [0.25, 0.3) is 5.91 Å². The molecule has 1 amide bonds. The zero-order chi connectivity index (χ0) is 14.9. The molecular weight excluding hydrogens is 297 g/mol. The van der Waals surface area contributed by atoms with E-state index in [4.69, 9.17) is 28.9 Å². The predicted octanol–water partition coefficient (Wildman–Crippen LogP) is 4.21. The number of rotatable bonds is 3. The molecule has 0 aliphatic rings. The van der Waals surface area contributed by atoms with Gasteiger partial charge in [-0.25, -0.2) is 0 Å². The van der Waals surface area contributed by atoms with Crippen LogP contribution in [0.3, 0.4) is 0 Å². The van der Waals surface area contributed by atoms with E-state index in [1.54, 1.807) is 30.5 Å². The van der Waals surface area contributed by atoms with Crippen molar-refractivity contribution in [3.63, 3.8) is 0 Å². The average Bonchev–Trinajstić information content (AvgIpc) is 2.77. The second kappa shape index (κ2) is 5.77. The Bertz CT molecular complexity index is 650. The van der Waals surface area contributed by atoms with Crippen LogP contribution in [-0.4, -0.2) is 10.5 Å². The number of halogens is 2. The molecule has 0 bridgehead atoms. The Labute approximate surface area is 127 Å². The van der Waals surface area contributed by atoms with E-state index < -0.39 is 0 Å². The van der Waals surface area contributed by atoms with Crippen LogP contribution >= 0.6 is 23.2 Å². The smallest absolute Gasteiger partial charge is 0.272 e. The quantitative estimate of drug-likeness (QED) is 0.892. The Morgan fingerprint density at radius 2 is 2.05 bits per heavy atom. The lowest BCUT2D eigenvalue weighted by Crippen LogP contribution is -2.18. The molecular formula is C14H15Cl2N3O. The minimum Gasteiger partial charge on any atom is -0.397 e. The third-order valence-corrected chi connectivity index (χ3v) is 3.68. The van der Waals surface area contributed by atoms with Gasteiger partial charge in [-0.2, -0.15) is 0 Å². The van der Waals surface area contributed by atoms with Crippen LogP contribution < -0.4 is 11.1 Å². The first-order valence-corrected chi connectivity index (χ1v) is 6.88. The molecule has 4 nitrogen and oxygen atoms in total. The van der Waals surface area contributed by atoms with Gasteiger partial charge in [0.15, 0.2) is 0 Å². The van der Waals surface area contributed by atoms with Gasteiger partial charge in [-0.3, -0.25) is 4.79 Å². The highest BCUT2D eigenvalue weighted by molar-refractivity contribution is 6.44. The third kappa shape index (κ3) is 2.92. The van der Waals surface area contributed by atoms with Crippen molar-refractivity contribution < 1.29 is 4.79 Å². The molecule has 1 aromatic heterocycles. The molecule has 0 radical (unpaired) electrons. The Kier molecular flexibility index (Phi) is 4.26. The number of amides is 1. The number of carbonyl (C=O) groups is 1. The highest BCUT2D eigenvalue weighted by atomic mass is 35.5. The van der Waals surface area contributed by atoms with E-state index in [9.17, 15) is 4.79 Å². The fraction of sp³-hybridized carbons (Fsp3) is 0.214. The molecule has 2 aromatic rings. The SMILES string of the molecule is CC(C)n1cc(N)cc1C(=O)Nc1cccc(Cl)c1Cl. The van der Waals surface area contributed by atoms with Gasteiger partial charge < -0.3 is 15.6 Å². The van der Waals surface area contributed by atoms with E-state index in [0.717, 1.165) is 0 Å². The lowest BCUT2D eigenvalue weighted by Gasteiger charge is -2.13. The summed E-state index contributed by atoms with van der Waals surface area (Å²) < 4.78 is 1.81. The van der Waals surface area contributed by atoms with Crippen LogP contribution in [0.2, 0.25) is 10.0 Å². The maximum absolute atomic E-state index is 12.3. The van der Waals surface area contributed by atoms with Crippen molar-refractivity contribution in [1.82, 2.24) is 4.57 Å². The molecule has 0 atom stereocenters. The lowest BCUT2D eigenvalue weighted by atomic mass is 10.3. The number of hydrogen-bond donors (Lipinski definition) is 2. The number of benzene rings is 1. The number of anilines is 2. The zero-order valence-corrected chi connectivity index (χ0v) is 12.7. The molecule has 106 valence electrons. The van der Waals surface area contributed by atoms with E-state index in [1.165, 1.54) is 0 Å². The van der Waals surface area contributed by atoms with Crippen LogP contribution in [-0.2, 0) is 0 Å². The van der Waals surface area contributed by atoms with Crippen LogP contribution in [0.5, 0.6) is 0 Å². The van der Waals surface area contributed by atoms with Crippen LogP contribution in [0.15, 0.2) is 30.5 Å². The van der Waals surface area contributed by atoms with Crippen molar-refractivity contribution >= 4 is 40.5 Å². The second-order valence-electron chi connectivity index (χ2n) is 4.72. The van der Waals surface area contributed by atoms with Gasteiger partial charge in [0.1, 0.15) is 5.69 Å². The predicted molar refractivity (Wildman–Crippen MR) is 83.6 cm³/mol.